The molecule has 0 saturated heterocycles. The Morgan fingerprint density at radius 1 is 0.973 bits per heavy atom. The van der Waals surface area contributed by atoms with Gasteiger partial charge in [-0.25, -0.2) is 14.2 Å². The summed E-state index contributed by atoms with van der Waals surface area (Å²) in [4.78, 5) is 16.4. The van der Waals surface area contributed by atoms with Crippen LogP contribution in [0.2, 0.25) is 5.02 Å². The van der Waals surface area contributed by atoms with Gasteiger partial charge in [-0.15, -0.1) is 11.3 Å². The molecular formula is C26H14ClF4NO3S2. The molecule has 2 aromatic heterocycles. The highest BCUT2D eigenvalue weighted by Crippen LogP contribution is 2.48. The van der Waals surface area contributed by atoms with E-state index in [-0.39, 0.29) is 20.5 Å². The third kappa shape index (κ3) is 4.89. The minimum Gasteiger partial charge on any atom is -0.423 e. The molecule has 0 amide bonds. The first-order chi connectivity index (χ1) is 17.5. The van der Waals surface area contributed by atoms with Crippen LogP contribution in [0.4, 0.5) is 17.6 Å². The summed E-state index contributed by atoms with van der Waals surface area (Å²) in [5.74, 6) is -0.411. The van der Waals surface area contributed by atoms with Crippen LogP contribution >= 0.6 is 34.7 Å². The molecule has 0 aliphatic rings. The van der Waals surface area contributed by atoms with Gasteiger partial charge in [0.1, 0.15) is 11.4 Å². The molecule has 188 valence electrons. The van der Waals surface area contributed by atoms with E-state index in [0.717, 1.165) is 30.1 Å². The van der Waals surface area contributed by atoms with Gasteiger partial charge < -0.3 is 9.52 Å². The fourth-order valence-corrected chi connectivity index (χ4v) is 6.02. The van der Waals surface area contributed by atoms with Gasteiger partial charge in [-0.05, 0) is 59.2 Å². The Hall–Kier alpha value is -3.18. The summed E-state index contributed by atoms with van der Waals surface area (Å²) in [5, 5.41) is 11.6. The summed E-state index contributed by atoms with van der Waals surface area (Å²) >= 11 is 7.55. The van der Waals surface area contributed by atoms with Gasteiger partial charge in [-0.1, -0.05) is 47.6 Å². The lowest BCUT2D eigenvalue weighted by Crippen LogP contribution is -2.42. The first-order valence-electron chi connectivity index (χ1n) is 10.6. The molecule has 1 N–H and O–H groups in total. The molecule has 0 saturated carbocycles. The van der Waals surface area contributed by atoms with Crippen LogP contribution < -0.4 is 5.63 Å². The number of fused-ring (bicyclic) bond motifs is 1. The number of alkyl halides is 3. The maximum absolute atomic E-state index is 14.1. The van der Waals surface area contributed by atoms with E-state index < -0.39 is 28.1 Å². The van der Waals surface area contributed by atoms with Crippen molar-refractivity contribution in [3.05, 3.63) is 111 Å². The topological polar surface area (TPSA) is 63.3 Å². The Labute approximate surface area is 220 Å². The van der Waals surface area contributed by atoms with Crippen molar-refractivity contribution in [2.24, 2.45) is 0 Å². The van der Waals surface area contributed by atoms with Gasteiger partial charge in [-0.3, -0.25) is 0 Å². The number of rotatable bonds is 5. The second kappa shape index (κ2) is 9.60. The molecule has 37 heavy (non-hydrogen) atoms. The zero-order chi connectivity index (χ0) is 26.4. The van der Waals surface area contributed by atoms with E-state index in [1.54, 1.807) is 30.3 Å². The number of nitrogens with zero attached hydrogens (tertiary/aromatic N) is 1. The monoisotopic (exact) mass is 563 g/mol. The molecule has 2 heterocycles. The van der Waals surface area contributed by atoms with Crippen LogP contribution in [0.15, 0.2) is 97.4 Å². The van der Waals surface area contributed by atoms with Crippen molar-refractivity contribution in [3.8, 4) is 11.1 Å². The SMILES string of the molecule is O=c1cc(-c2ccc(F)cc2)c2ccc(Sc3ncc(C(O)(c4ccc(Cl)cc4)C(F)(F)F)s3)cc2o1. The van der Waals surface area contributed by atoms with Crippen LogP contribution in [0.5, 0.6) is 0 Å². The Kier molecular flexibility index (Phi) is 6.61. The second-order valence-corrected chi connectivity index (χ2v) is 10.7. The van der Waals surface area contributed by atoms with E-state index in [0.29, 0.717) is 32.7 Å². The smallest absolute Gasteiger partial charge is 0.423 e. The summed E-state index contributed by atoms with van der Waals surface area (Å²) in [6, 6.07) is 16.7. The third-order valence-electron chi connectivity index (χ3n) is 5.59. The first kappa shape index (κ1) is 25.5. The summed E-state index contributed by atoms with van der Waals surface area (Å²) in [6.45, 7) is 0. The highest BCUT2D eigenvalue weighted by Gasteiger charge is 2.57. The Morgan fingerprint density at radius 3 is 2.35 bits per heavy atom. The van der Waals surface area contributed by atoms with Crippen LogP contribution in [-0.2, 0) is 5.60 Å². The van der Waals surface area contributed by atoms with Crippen LogP contribution in [0, 0.1) is 5.82 Å². The number of benzene rings is 3. The third-order valence-corrected chi connectivity index (χ3v) is 8.01. The lowest BCUT2D eigenvalue weighted by molar-refractivity contribution is -0.247. The zero-order valence-electron chi connectivity index (χ0n) is 18.4. The van der Waals surface area contributed by atoms with E-state index in [1.807, 2.05) is 0 Å². The van der Waals surface area contributed by atoms with Gasteiger partial charge >= 0.3 is 11.8 Å². The number of aliphatic hydroxyl groups is 1. The molecule has 0 aliphatic heterocycles. The summed E-state index contributed by atoms with van der Waals surface area (Å²) in [7, 11) is 0. The maximum Gasteiger partial charge on any atom is 0.426 e. The molecule has 0 radical (unpaired) electrons. The number of halogens is 5. The van der Waals surface area contributed by atoms with Crippen molar-refractivity contribution >= 4 is 45.7 Å². The normalized spacial score (nSPS) is 13.6. The molecule has 5 rings (SSSR count). The van der Waals surface area contributed by atoms with Gasteiger partial charge in [0.05, 0.1) is 4.88 Å². The van der Waals surface area contributed by atoms with Gasteiger partial charge in [0.2, 0.25) is 5.60 Å². The number of thiazole rings is 1. The summed E-state index contributed by atoms with van der Waals surface area (Å²) < 4.78 is 61.1. The van der Waals surface area contributed by atoms with Crippen LogP contribution in [0.3, 0.4) is 0 Å². The zero-order valence-corrected chi connectivity index (χ0v) is 20.8. The first-order valence-corrected chi connectivity index (χ1v) is 12.6. The molecular weight excluding hydrogens is 550 g/mol. The minimum absolute atomic E-state index is 0.236. The summed E-state index contributed by atoms with van der Waals surface area (Å²) in [6.07, 6.45) is -4.03. The average Bonchev–Trinajstić information content (AvgIpc) is 3.32. The summed E-state index contributed by atoms with van der Waals surface area (Å²) in [5.41, 5.74) is -2.83. The van der Waals surface area contributed by atoms with Gasteiger partial charge in [0, 0.05) is 27.6 Å². The molecule has 11 heteroatoms. The van der Waals surface area contributed by atoms with E-state index in [4.69, 9.17) is 16.0 Å². The molecule has 1 atom stereocenters. The van der Waals surface area contributed by atoms with Crippen LogP contribution in [0.1, 0.15) is 10.4 Å². The van der Waals surface area contributed by atoms with Gasteiger partial charge in [-0.2, -0.15) is 13.2 Å². The van der Waals surface area contributed by atoms with Crippen molar-refractivity contribution < 1.29 is 27.1 Å². The van der Waals surface area contributed by atoms with Gasteiger partial charge in [0.15, 0.2) is 4.34 Å². The molecule has 1 unspecified atom stereocenters. The largest absolute Gasteiger partial charge is 0.426 e. The average molecular weight is 564 g/mol. The molecule has 0 fully saturated rings. The lowest BCUT2D eigenvalue weighted by Gasteiger charge is -2.29. The van der Waals surface area contributed by atoms with Crippen molar-refractivity contribution in [3.63, 3.8) is 0 Å². The van der Waals surface area contributed by atoms with E-state index in [9.17, 15) is 27.5 Å². The second-order valence-electron chi connectivity index (χ2n) is 7.95. The van der Waals surface area contributed by atoms with Crippen molar-refractivity contribution in [2.45, 2.75) is 21.0 Å². The Bertz CT molecular complexity index is 1650. The molecule has 0 spiro atoms. The Morgan fingerprint density at radius 2 is 1.68 bits per heavy atom. The van der Waals surface area contributed by atoms with Gasteiger partial charge in [0.25, 0.3) is 0 Å². The fraction of sp³-hybridized carbons (Fsp3) is 0.0769. The number of hydrogen-bond donors (Lipinski definition) is 1. The van der Waals surface area contributed by atoms with Crippen molar-refractivity contribution in [2.75, 3.05) is 0 Å². The van der Waals surface area contributed by atoms with Crippen molar-refractivity contribution in [1.29, 1.82) is 0 Å². The maximum atomic E-state index is 14.1. The Balaban J connectivity index is 1.49. The highest BCUT2D eigenvalue weighted by atomic mass is 35.5. The van der Waals surface area contributed by atoms with E-state index in [2.05, 4.69) is 4.98 Å². The van der Waals surface area contributed by atoms with E-state index in [1.165, 1.54) is 30.3 Å². The van der Waals surface area contributed by atoms with Crippen molar-refractivity contribution in [1.82, 2.24) is 4.98 Å². The van der Waals surface area contributed by atoms with Crippen LogP contribution in [-0.4, -0.2) is 16.3 Å². The van der Waals surface area contributed by atoms with E-state index >= 15 is 0 Å². The molecule has 4 nitrogen and oxygen atoms in total. The molecule has 3 aromatic carbocycles. The predicted octanol–water partition coefficient (Wildman–Crippen LogP) is 7.66. The standard InChI is InChI=1S/C26H14ClF4NO3S2/c27-16-5-3-15(4-6-16)25(34,26(29,30)31)22-13-32-24(37-22)36-18-9-10-19-20(12-23(33)35-21(19)11-18)14-1-7-17(28)8-2-14/h1-13,34H. The number of hydrogen-bond acceptors (Lipinski definition) is 6. The predicted molar refractivity (Wildman–Crippen MR) is 135 cm³/mol. The number of aromatic nitrogens is 1. The quantitative estimate of drug-likeness (QED) is 0.176. The van der Waals surface area contributed by atoms with Crippen LogP contribution in [0.25, 0.3) is 22.1 Å². The highest BCUT2D eigenvalue weighted by molar-refractivity contribution is 8.01. The fourth-order valence-electron chi connectivity index (χ4n) is 3.78. The molecule has 5 aromatic rings. The molecule has 0 aliphatic carbocycles. The molecule has 0 bridgehead atoms. The minimum atomic E-state index is -5.02. The lowest BCUT2D eigenvalue weighted by atomic mass is 9.92.